The van der Waals surface area contributed by atoms with Crippen LogP contribution in [-0.2, 0) is 4.79 Å². The number of para-hydroxylation sites is 1. The summed E-state index contributed by atoms with van der Waals surface area (Å²) in [6.07, 6.45) is 2.64. The molecule has 0 bridgehead atoms. The van der Waals surface area contributed by atoms with Crippen LogP contribution in [0.25, 0.3) is 10.9 Å². The number of likely N-dealkylation sites (tertiary alicyclic amines) is 1. The van der Waals surface area contributed by atoms with Crippen LogP contribution in [0.2, 0.25) is 0 Å². The molecule has 2 amide bonds. The smallest absolute Gasteiger partial charge is 0.273 e. The first-order valence-electron chi connectivity index (χ1n) is 6.95. The van der Waals surface area contributed by atoms with Gasteiger partial charge in [-0.2, -0.15) is 0 Å². The van der Waals surface area contributed by atoms with Crippen molar-refractivity contribution < 1.29 is 9.59 Å². The molecule has 1 saturated heterocycles. The third kappa shape index (κ3) is 2.56. The van der Waals surface area contributed by atoms with Crippen molar-refractivity contribution >= 4 is 22.7 Å². The van der Waals surface area contributed by atoms with Crippen molar-refractivity contribution in [3.63, 3.8) is 0 Å². The lowest BCUT2D eigenvalue weighted by Crippen LogP contribution is -2.42. The standard InChI is InChI=1S/C15H16N4O2/c16-14(20)10-5-7-19(8-6-10)15(21)13-11-3-1-2-4-12(11)17-9-18-13/h1-4,9-10H,5-8H2,(H2,16,20). The number of primary amides is 1. The molecular formula is C15H16N4O2. The molecule has 1 fully saturated rings. The molecule has 1 aromatic heterocycles. The minimum atomic E-state index is -0.283. The SMILES string of the molecule is NC(=O)C1CCN(C(=O)c2ncnc3ccccc23)CC1. The summed E-state index contributed by atoms with van der Waals surface area (Å²) in [5, 5.41) is 0.752. The van der Waals surface area contributed by atoms with Gasteiger partial charge in [0, 0.05) is 24.4 Å². The fourth-order valence-electron chi connectivity index (χ4n) is 2.69. The van der Waals surface area contributed by atoms with Gasteiger partial charge in [-0.1, -0.05) is 18.2 Å². The van der Waals surface area contributed by atoms with Crippen molar-refractivity contribution in [3.05, 3.63) is 36.3 Å². The number of nitrogens with two attached hydrogens (primary N) is 1. The first kappa shape index (κ1) is 13.5. The van der Waals surface area contributed by atoms with E-state index in [1.807, 2.05) is 24.3 Å². The fourth-order valence-corrected chi connectivity index (χ4v) is 2.69. The van der Waals surface area contributed by atoms with Crippen molar-refractivity contribution in [2.45, 2.75) is 12.8 Å². The molecule has 0 radical (unpaired) electrons. The second kappa shape index (κ2) is 5.47. The van der Waals surface area contributed by atoms with Gasteiger partial charge in [-0.25, -0.2) is 9.97 Å². The maximum Gasteiger partial charge on any atom is 0.273 e. The van der Waals surface area contributed by atoms with E-state index in [2.05, 4.69) is 9.97 Å². The van der Waals surface area contributed by atoms with Gasteiger partial charge in [-0.15, -0.1) is 0 Å². The Labute approximate surface area is 122 Å². The lowest BCUT2D eigenvalue weighted by molar-refractivity contribution is -0.123. The van der Waals surface area contributed by atoms with Gasteiger partial charge in [0.2, 0.25) is 5.91 Å². The summed E-state index contributed by atoms with van der Waals surface area (Å²) < 4.78 is 0. The zero-order valence-corrected chi connectivity index (χ0v) is 11.5. The van der Waals surface area contributed by atoms with Gasteiger partial charge >= 0.3 is 0 Å². The summed E-state index contributed by atoms with van der Waals surface area (Å²) in [5.74, 6) is -0.526. The van der Waals surface area contributed by atoms with Crippen molar-refractivity contribution in [1.29, 1.82) is 0 Å². The maximum absolute atomic E-state index is 12.6. The van der Waals surface area contributed by atoms with E-state index in [1.54, 1.807) is 4.90 Å². The highest BCUT2D eigenvalue weighted by Crippen LogP contribution is 2.21. The molecule has 21 heavy (non-hydrogen) atoms. The van der Waals surface area contributed by atoms with Gasteiger partial charge in [-0.05, 0) is 18.9 Å². The lowest BCUT2D eigenvalue weighted by atomic mass is 9.96. The average molecular weight is 284 g/mol. The molecule has 2 heterocycles. The van der Waals surface area contributed by atoms with Gasteiger partial charge in [-0.3, -0.25) is 9.59 Å². The summed E-state index contributed by atoms with van der Waals surface area (Å²) in [4.78, 5) is 33.8. The number of piperidine rings is 1. The molecule has 1 aliphatic heterocycles. The highest BCUT2D eigenvalue weighted by molar-refractivity contribution is 6.04. The molecule has 108 valence electrons. The van der Waals surface area contributed by atoms with Gasteiger partial charge in [0.05, 0.1) is 5.52 Å². The van der Waals surface area contributed by atoms with Crippen LogP contribution in [0.1, 0.15) is 23.3 Å². The van der Waals surface area contributed by atoms with Gasteiger partial charge in [0.25, 0.3) is 5.91 Å². The van der Waals surface area contributed by atoms with E-state index in [9.17, 15) is 9.59 Å². The highest BCUT2D eigenvalue weighted by Gasteiger charge is 2.27. The van der Waals surface area contributed by atoms with Crippen LogP contribution in [0.3, 0.4) is 0 Å². The summed E-state index contributed by atoms with van der Waals surface area (Å²) in [6, 6.07) is 7.44. The van der Waals surface area contributed by atoms with Crippen molar-refractivity contribution in [1.82, 2.24) is 14.9 Å². The Hall–Kier alpha value is -2.50. The van der Waals surface area contributed by atoms with Crippen molar-refractivity contribution in [3.8, 4) is 0 Å². The van der Waals surface area contributed by atoms with E-state index in [-0.39, 0.29) is 17.7 Å². The number of benzene rings is 1. The Bertz CT molecular complexity index is 688. The van der Waals surface area contributed by atoms with Crippen molar-refractivity contribution in [2.75, 3.05) is 13.1 Å². The molecule has 1 aromatic carbocycles. The number of carbonyl (C=O) groups excluding carboxylic acids is 2. The minimum absolute atomic E-state index is 0.114. The Balaban J connectivity index is 1.84. The van der Waals surface area contributed by atoms with E-state index in [0.29, 0.717) is 31.6 Å². The third-order valence-electron chi connectivity index (χ3n) is 3.93. The predicted molar refractivity (Wildman–Crippen MR) is 77.4 cm³/mol. The van der Waals surface area contributed by atoms with E-state index < -0.39 is 0 Å². The lowest BCUT2D eigenvalue weighted by Gasteiger charge is -2.30. The zero-order valence-electron chi connectivity index (χ0n) is 11.5. The fraction of sp³-hybridized carbons (Fsp3) is 0.333. The number of amides is 2. The van der Waals surface area contributed by atoms with Gasteiger partial charge in [0.1, 0.15) is 12.0 Å². The Kier molecular flexibility index (Phi) is 3.51. The Morgan fingerprint density at radius 3 is 2.57 bits per heavy atom. The monoisotopic (exact) mass is 284 g/mol. The van der Waals surface area contributed by atoms with Crippen molar-refractivity contribution in [2.24, 2.45) is 11.7 Å². The number of hydrogen-bond donors (Lipinski definition) is 1. The molecule has 0 aliphatic carbocycles. The molecule has 0 spiro atoms. The zero-order chi connectivity index (χ0) is 14.8. The normalized spacial score (nSPS) is 16.1. The molecular weight excluding hydrogens is 268 g/mol. The van der Waals surface area contributed by atoms with Crippen LogP contribution in [0.4, 0.5) is 0 Å². The van der Waals surface area contributed by atoms with Crippen LogP contribution < -0.4 is 5.73 Å². The number of aromatic nitrogens is 2. The van der Waals surface area contributed by atoms with Crippen LogP contribution in [0.5, 0.6) is 0 Å². The Morgan fingerprint density at radius 1 is 1.14 bits per heavy atom. The third-order valence-corrected chi connectivity index (χ3v) is 3.93. The molecule has 0 atom stereocenters. The molecule has 2 N–H and O–H groups in total. The molecule has 6 nitrogen and oxygen atoms in total. The number of hydrogen-bond acceptors (Lipinski definition) is 4. The van der Waals surface area contributed by atoms with Crippen LogP contribution in [0, 0.1) is 5.92 Å². The van der Waals surface area contributed by atoms with Crippen LogP contribution in [-0.4, -0.2) is 39.8 Å². The van der Waals surface area contributed by atoms with Crippen LogP contribution >= 0.6 is 0 Å². The second-order valence-corrected chi connectivity index (χ2v) is 5.21. The highest BCUT2D eigenvalue weighted by atomic mass is 16.2. The van der Waals surface area contributed by atoms with Crippen LogP contribution in [0.15, 0.2) is 30.6 Å². The molecule has 0 unspecified atom stereocenters. The van der Waals surface area contributed by atoms with Gasteiger partial charge in [0.15, 0.2) is 0 Å². The Morgan fingerprint density at radius 2 is 1.86 bits per heavy atom. The number of fused-ring (bicyclic) bond motifs is 1. The molecule has 2 aromatic rings. The van der Waals surface area contributed by atoms with Gasteiger partial charge < -0.3 is 10.6 Å². The number of rotatable bonds is 2. The minimum Gasteiger partial charge on any atom is -0.369 e. The molecule has 1 aliphatic rings. The van der Waals surface area contributed by atoms with E-state index in [0.717, 1.165) is 10.9 Å². The predicted octanol–water partition coefficient (Wildman–Crippen LogP) is 0.967. The van der Waals surface area contributed by atoms with E-state index in [1.165, 1.54) is 6.33 Å². The largest absolute Gasteiger partial charge is 0.369 e. The first-order valence-corrected chi connectivity index (χ1v) is 6.95. The quantitative estimate of drug-likeness (QED) is 0.889. The summed E-state index contributed by atoms with van der Waals surface area (Å²) >= 11 is 0. The van der Waals surface area contributed by atoms with E-state index in [4.69, 9.17) is 5.73 Å². The summed E-state index contributed by atoms with van der Waals surface area (Å²) in [6.45, 7) is 1.07. The topological polar surface area (TPSA) is 89.2 Å². The number of nitrogens with zero attached hydrogens (tertiary/aromatic N) is 3. The molecule has 0 saturated carbocycles. The molecule has 6 heteroatoms. The average Bonchev–Trinajstić information content (AvgIpc) is 2.53. The number of carbonyl (C=O) groups is 2. The second-order valence-electron chi connectivity index (χ2n) is 5.21. The summed E-state index contributed by atoms with van der Waals surface area (Å²) in [5.41, 5.74) is 6.48. The first-order chi connectivity index (χ1) is 10.2. The maximum atomic E-state index is 12.6. The van der Waals surface area contributed by atoms with E-state index >= 15 is 0 Å². The summed E-state index contributed by atoms with van der Waals surface area (Å²) in [7, 11) is 0. The molecule has 3 rings (SSSR count).